The Bertz CT molecular complexity index is 1090. The second-order valence-electron chi connectivity index (χ2n) is 5.99. The molecule has 0 saturated carbocycles. The highest BCUT2D eigenvalue weighted by Crippen LogP contribution is 2.30. The van der Waals surface area contributed by atoms with Crippen molar-refractivity contribution in [3.05, 3.63) is 65.9 Å². The Labute approximate surface area is 172 Å². The summed E-state index contributed by atoms with van der Waals surface area (Å²) in [6.45, 7) is 2.23. The van der Waals surface area contributed by atoms with Gasteiger partial charge < -0.3 is 14.6 Å². The Morgan fingerprint density at radius 1 is 1.27 bits per heavy atom. The molecule has 0 atom stereocenters. The summed E-state index contributed by atoms with van der Waals surface area (Å²) in [6.07, 6.45) is 3.90. The Morgan fingerprint density at radius 2 is 2.10 bits per heavy atom. The molecule has 9 heteroatoms. The van der Waals surface area contributed by atoms with Crippen molar-refractivity contribution in [2.75, 3.05) is 13.7 Å². The molecule has 2 aromatic carbocycles. The monoisotopic (exact) mass is 410 g/mol. The molecule has 0 bridgehead atoms. The van der Waals surface area contributed by atoms with Crippen LogP contribution in [0, 0.1) is 5.82 Å². The number of phenolic OH excluding ortho intramolecular Hbond substituents is 1. The van der Waals surface area contributed by atoms with Crippen LogP contribution in [0.2, 0.25) is 0 Å². The molecular formula is C21H19FN4O4. The Hall–Kier alpha value is -4.01. The number of halogens is 1. The van der Waals surface area contributed by atoms with Gasteiger partial charge in [-0.25, -0.2) is 14.8 Å². The molecule has 0 fully saturated rings. The third-order valence-electron chi connectivity index (χ3n) is 3.99. The van der Waals surface area contributed by atoms with Gasteiger partial charge in [0.1, 0.15) is 17.3 Å². The first-order valence-corrected chi connectivity index (χ1v) is 8.97. The zero-order valence-corrected chi connectivity index (χ0v) is 16.3. The maximum atomic E-state index is 13.8. The summed E-state index contributed by atoms with van der Waals surface area (Å²) in [5.41, 5.74) is 3.37. The highest BCUT2D eigenvalue weighted by atomic mass is 19.1. The average molecular weight is 410 g/mol. The van der Waals surface area contributed by atoms with Crippen molar-refractivity contribution in [3.8, 4) is 28.5 Å². The summed E-state index contributed by atoms with van der Waals surface area (Å²) in [4.78, 5) is 20.6. The minimum Gasteiger partial charge on any atom is -0.504 e. The first-order chi connectivity index (χ1) is 14.5. The van der Waals surface area contributed by atoms with Crippen molar-refractivity contribution in [1.82, 2.24) is 15.4 Å². The van der Waals surface area contributed by atoms with Crippen molar-refractivity contribution < 1.29 is 23.8 Å². The zero-order valence-electron chi connectivity index (χ0n) is 16.3. The molecule has 2 N–H and O–H groups in total. The van der Waals surface area contributed by atoms with Crippen LogP contribution in [-0.4, -0.2) is 40.9 Å². The number of phenols is 1. The van der Waals surface area contributed by atoms with Gasteiger partial charge in [0.15, 0.2) is 11.5 Å². The lowest BCUT2D eigenvalue weighted by Crippen LogP contribution is -2.19. The van der Waals surface area contributed by atoms with E-state index in [4.69, 9.17) is 9.47 Å². The summed E-state index contributed by atoms with van der Waals surface area (Å²) in [5.74, 6) is -0.371. The minimum absolute atomic E-state index is 0.00383. The molecule has 0 radical (unpaired) electrons. The number of aromatic hydroxyl groups is 1. The normalized spacial score (nSPS) is 10.8. The number of nitrogens with zero attached hydrogens (tertiary/aromatic N) is 3. The molecule has 1 amide bonds. The van der Waals surface area contributed by atoms with E-state index in [1.807, 2.05) is 6.92 Å². The molecule has 1 heterocycles. The topological polar surface area (TPSA) is 106 Å². The number of aromatic nitrogens is 2. The van der Waals surface area contributed by atoms with Crippen LogP contribution in [0.3, 0.4) is 0 Å². The molecule has 0 aliphatic rings. The Kier molecular flexibility index (Phi) is 6.53. The first kappa shape index (κ1) is 20.7. The smallest absolute Gasteiger partial charge is 0.291 e. The van der Waals surface area contributed by atoms with Crippen molar-refractivity contribution in [2.24, 2.45) is 5.10 Å². The van der Waals surface area contributed by atoms with E-state index in [1.54, 1.807) is 12.1 Å². The number of ether oxygens (including phenoxy) is 2. The van der Waals surface area contributed by atoms with Gasteiger partial charge in [0.25, 0.3) is 5.91 Å². The molecule has 154 valence electrons. The number of hydrogen-bond acceptors (Lipinski definition) is 7. The standard InChI is InChI=1S/C21H19FN4O4/c1-3-30-20-7-4-13(9-19(20)27)17-11-23-12-18(25-17)21(28)26-24-10-14-8-15(29-2)5-6-16(14)22/h4-12,27H,3H2,1-2H3,(H,26,28)/b24-10+. The van der Waals surface area contributed by atoms with Gasteiger partial charge in [-0.3, -0.25) is 9.78 Å². The van der Waals surface area contributed by atoms with Gasteiger partial charge in [0, 0.05) is 11.1 Å². The number of rotatable bonds is 7. The molecule has 0 spiro atoms. The zero-order chi connectivity index (χ0) is 21.5. The maximum Gasteiger partial charge on any atom is 0.291 e. The molecule has 0 aliphatic heterocycles. The first-order valence-electron chi connectivity index (χ1n) is 8.97. The van der Waals surface area contributed by atoms with E-state index in [1.165, 1.54) is 43.8 Å². The number of methoxy groups -OCH3 is 1. The predicted octanol–water partition coefficient (Wildman–Crippen LogP) is 3.16. The molecule has 0 aliphatic carbocycles. The van der Waals surface area contributed by atoms with Crippen LogP contribution in [0.15, 0.2) is 53.9 Å². The lowest BCUT2D eigenvalue weighted by Gasteiger charge is -2.08. The van der Waals surface area contributed by atoms with Crippen LogP contribution < -0.4 is 14.9 Å². The molecular weight excluding hydrogens is 391 g/mol. The van der Waals surface area contributed by atoms with E-state index >= 15 is 0 Å². The fraction of sp³-hybridized carbons (Fsp3) is 0.143. The Balaban J connectivity index is 1.74. The van der Waals surface area contributed by atoms with Crippen molar-refractivity contribution >= 4 is 12.1 Å². The van der Waals surface area contributed by atoms with E-state index in [-0.39, 0.29) is 17.0 Å². The van der Waals surface area contributed by atoms with Gasteiger partial charge in [0.2, 0.25) is 0 Å². The van der Waals surface area contributed by atoms with E-state index in [0.29, 0.717) is 29.4 Å². The van der Waals surface area contributed by atoms with Gasteiger partial charge in [-0.2, -0.15) is 5.10 Å². The molecule has 1 aromatic heterocycles. The Morgan fingerprint density at radius 3 is 2.83 bits per heavy atom. The summed E-state index contributed by atoms with van der Waals surface area (Å²) < 4.78 is 24.1. The van der Waals surface area contributed by atoms with Crippen LogP contribution in [0.4, 0.5) is 4.39 Å². The lowest BCUT2D eigenvalue weighted by atomic mass is 10.1. The van der Waals surface area contributed by atoms with Gasteiger partial charge in [-0.05, 0) is 43.3 Å². The maximum absolute atomic E-state index is 13.8. The highest BCUT2D eigenvalue weighted by molar-refractivity contribution is 5.93. The van der Waals surface area contributed by atoms with Crippen LogP contribution in [0.5, 0.6) is 17.2 Å². The molecule has 0 saturated heterocycles. The minimum atomic E-state index is -0.626. The van der Waals surface area contributed by atoms with Crippen LogP contribution in [0.25, 0.3) is 11.3 Å². The van der Waals surface area contributed by atoms with Crippen LogP contribution in [0.1, 0.15) is 23.0 Å². The molecule has 8 nitrogen and oxygen atoms in total. The quantitative estimate of drug-likeness (QED) is 0.458. The SMILES string of the molecule is CCOc1ccc(-c2cncc(C(=O)N/N=C/c3cc(OC)ccc3F)n2)cc1O. The second-order valence-corrected chi connectivity index (χ2v) is 5.99. The summed E-state index contributed by atoms with van der Waals surface area (Å²) in [7, 11) is 1.46. The van der Waals surface area contributed by atoms with Crippen molar-refractivity contribution in [3.63, 3.8) is 0 Å². The molecule has 3 rings (SSSR count). The summed E-state index contributed by atoms with van der Waals surface area (Å²) >= 11 is 0. The number of amides is 1. The van der Waals surface area contributed by atoms with Gasteiger partial charge in [0.05, 0.1) is 38.0 Å². The number of hydrogen-bond donors (Lipinski definition) is 2. The van der Waals surface area contributed by atoms with Crippen LogP contribution in [-0.2, 0) is 0 Å². The number of nitrogens with one attached hydrogen (secondary N) is 1. The van der Waals surface area contributed by atoms with Gasteiger partial charge >= 0.3 is 0 Å². The fourth-order valence-electron chi connectivity index (χ4n) is 2.53. The second kappa shape index (κ2) is 9.46. The van der Waals surface area contributed by atoms with E-state index in [2.05, 4.69) is 20.5 Å². The van der Waals surface area contributed by atoms with Crippen molar-refractivity contribution in [1.29, 1.82) is 0 Å². The number of carbonyl (C=O) groups excluding carboxylic acids is 1. The molecule has 30 heavy (non-hydrogen) atoms. The van der Waals surface area contributed by atoms with E-state index in [0.717, 1.165) is 6.21 Å². The van der Waals surface area contributed by atoms with E-state index in [9.17, 15) is 14.3 Å². The lowest BCUT2D eigenvalue weighted by molar-refractivity contribution is 0.0950. The van der Waals surface area contributed by atoms with Gasteiger partial charge in [-0.1, -0.05) is 0 Å². The highest BCUT2D eigenvalue weighted by Gasteiger charge is 2.11. The predicted molar refractivity (Wildman–Crippen MR) is 108 cm³/mol. The average Bonchev–Trinajstić information content (AvgIpc) is 2.76. The van der Waals surface area contributed by atoms with E-state index < -0.39 is 11.7 Å². The number of carbonyl (C=O) groups is 1. The van der Waals surface area contributed by atoms with Crippen molar-refractivity contribution in [2.45, 2.75) is 6.92 Å². The third-order valence-corrected chi connectivity index (χ3v) is 3.99. The summed E-state index contributed by atoms with van der Waals surface area (Å²) in [5, 5.41) is 13.8. The third kappa shape index (κ3) is 4.88. The molecule has 0 unspecified atom stereocenters. The fourth-order valence-corrected chi connectivity index (χ4v) is 2.53. The van der Waals surface area contributed by atoms with Gasteiger partial charge in [-0.15, -0.1) is 0 Å². The summed E-state index contributed by atoms with van der Waals surface area (Å²) in [6, 6.07) is 8.94. The molecule has 3 aromatic rings. The largest absolute Gasteiger partial charge is 0.504 e. The number of benzene rings is 2. The van der Waals surface area contributed by atoms with Crippen LogP contribution >= 0.6 is 0 Å². The number of hydrazone groups is 1.